The summed E-state index contributed by atoms with van der Waals surface area (Å²) in [4.78, 5) is 13.7. The van der Waals surface area contributed by atoms with Crippen LogP contribution in [0.15, 0.2) is 0 Å². The van der Waals surface area contributed by atoms with Crippen LogP contribution in [-0.4, -0.2) is 42.4 Å². The second kappa shape index (κ2) is 6.30. The Morgan fingerprint density at radius 1 is 1.64 bits per heavy atom. The molecule has 1 fully saturated rings. The number of amides is 1. The summed E-state index contributed by atoms with van der Waals surface area (Å²) < 4.78 is 0. The van der Waals surface area contributed by atoms with Crippen LogP contribution in [0.4, 0.5) is 0 Å². The molecule has 1 atom stereocenters. The van der Waals surface area contributed by atoms with E-state index in [1.165, 1.54) is 6.42 Å². The third kappa shape index (κ3) is 3.50. The van der Waals surface area contributed by atoms with Gasteiger partial charge in [0.2, 0.25) is 5.91 Å². The molecule has 2 N–H and O–H groups in total. The molecule has 1 heterocycles. The van der Waals surface area contributed by atoms with Crippen LogP contribution in [0.25, 0.3) is 0 Å². The smallest absolute Gasteiger partial charge is 0.223 e. The normalized spacial score (nSPS) is 22.4. The van der Waals surface area contributed by atoms with E-state index in [2.05, 4.69) is 0 Å². The van der Waals surface area contributed by atoms with Gasteiger partial charge < -0.3 is 10.6 Å². The third-order valence-electron chi connectivity index (χ3n) is 2.73. The Balaban J connectivity index is 2.31. The molecule has 0 aromatic carbocycles. The zero-order valence-corrected chi connectivity index (χ0v) is 9.68. The Labute approximate surface area is 90.4 Å². The lowest BCUT2D eigenvalue weighted by molar-refractivity contribution is -0.132. The van der Waals surface area contributed by atoms with Gasteiger partial charge in [0.25, 0.3) is 0 Å². The van der Waals surface area contributed by atoms with E-state index in [1.54, 1.807) is 11.8 Å². The highest BCUT2D eigenvalue weighted by atomic mass is 32.2. The summed E-state index contributed by atoms with van der Waals surface area (Å²) >= 11 is 1.73. The highest BCUT2D eigenvalue weighted by Gasteiger charge is 2.21. The topological polar surface area (TPSA) is 46.3 Å². The van der Waals surface area contributed by atoms with E-state index in [0.717, 1.165) is 25.3 Å². The van der Waals surface area contributed by atoms with Gasteiger partial charge in [-0.3, -0.25) is 4.79 Å². The SMILES string of the molecule is CSCCC(=O)N1CCCC(CN)C1. The number of hydrogen-bond donors (Lipinski definition) is 1. The summed E-state index contributed by atoms with van der Waals surface area (Å²) in [5.41, 5.74) is 5.62. The quantitative estimate of drug-likeness (QED) is 0.760. The molecule has 3 nitrogen and oxygen atoms in total. The maximum Gasteiger partial charge on any atom is 0.223 e. The van der Waals surface area contributed by atoms with Crippen molar-refractivity contribution < 1.29 is 4.79 Å². The Morgan fingerprint density at radius 3 is 3.07 bits per heavy atom. The molecule has 1 aliphatic heterocycles. The molecule has 0 aromatic rings. The van der Waals surface area contributed by atoms with Crippen LogP contribution in [0, 0.1) is 5.92 Å². The zero-order chi connectivity index (χ0) is 10.4. The molecule has 0 spiro atoms. The van der Waals surface area contributed by atoms with Gasteiger partial charge in [0.15, 0.2) is 0 Å². The molecule has 82 valence electrons. The molecule has 1 rings (SSSR count). The molecule has 1 amide bonds. The van der Waals surface area contributed by atoms with Crippen LogP contribution >= 0.6 is 11.8 Å². The van der Waals surface area contributed by atoms with Gasteiger partial charge >= 0.3 is 0 Å². The van der Waals surface area contributed by atoms with Gasteiger partial charge in [-0.25, -0.2) is 0 Å². The summed E-state index contributed by atoms with van der Waals surface area (Å²) in [6, 6.07) is 0. The van der Waals surface area contributed by atoms with Crippen LogP contribution in [-0.2, 0) is 4.79 Å². The Hall–Kier alpha value is -0.220. The fourth-order valence-electron chi connectivity index (χ4n) is 1.83. The number of nitrogens with zero attached hydrogens (tertiary/aromatic N) is 1. The van der Waals surface area contributed by atoms with E-state index in [4.69, 9.17) is 5.73 Å². The minimum atomic E-state index is 0.303. The monoisotopic (exact) mass is 216 g/mol. The molecule has 0 aliphatic carbocycles. The number of rotatable bonds is 4. The molecule has 0 saturated carbocycles. The summed E-state index contributed by atoms with van der Waals surface area (Å²) in [7, 11) is 0. The first kappa shape index (κ1) is 11.9. The van der Waals surface area contributed by atoms with Gasteiger partial charge in [0.05, 0.1) is 0 Å². The van der Waals surface area contributed by atoms with Gasteiger partial charge in [0, 0.05) is 25.3 Å². The molecule has 0 bridgehead atoms. The fraction of sp³-hybridized carbons (Fsp3) is 0.900. The van der Waals surface area contributed by atoms with Crippen LogP contribution in [0.1, 0.15) is 19.3 Å². The van der Waals surface area contributed by atoms with Crippen molar-refractivity contribution in [2.75, 3.05) is 31.6 Å². The summed E-state index contributed by atoms with van der Waals surface area (Å²) in [6.45, 7) is 2.53. The summed E-state index contributed by atoms with van der Waals surface area (Å²) in [5, 5.41) is 0. The third-order valence-corrected chi connectivity index (χ3v) is 3.34. The molecule has 1 unspecified atom stereocenters. The molecular weight excluding hydrogens is 196 g/mol. The average Bonchev–Trinajstić information content (AvgIpc) is 2.26. The number of likely N-dealkylation sites (tertiary alicyclic amines) is 1. The molecule has 4 heteroatoms. The van der Waals surface area contributed by atoms with Gasteiger partial charge in [-0.1, -0.05) is 0 Å². The lowest BCUT2D eigenvalue weighted by Crippen LogP contribution is -2.42. The maximum absolute atomic E-state index is 11.7. The van der Waals surface area contributed by atoms with E-state index >= 15 is 0 Å². The molecule has 0 aromatic heterocycles. The number of carbonyl (C=O) groups is 1. The second-order valence-electron chi connectivity index (χ2n) is 3.83. The average molecular weight is 216 g/mol. The van der Waals surface area contributed by atoms with Gasteiger partial charge in [-0.05, 0) is 31.6 Å². The molecule has 14 heavy (non-hydrogen) atoms. The first-order chi connectivity index (χ1) is 6.77. The summed E-state index contributed by atoms with van der Waals surface area (Å²) in [5.74, 6) is 1.77. The summed E-state index contributed by atoms with van der Waals surface area (Å²) in [6.07, 6.45) is 5.01. The Kier molecular flexibility index (Phi) is 5.33. The Bertz CT molecular complexity index is 187. The number of thioether (sulfide) groups is 1. The van der Waals surface area contributed by atoms with Crippen LogP contribution < -0.4 is 5.73 Å². The zero-order valence-electron chi connectivity index (χ0n) is 8.87. The second-order valence-corrected chi connectivity index (χ2v) is 4.81. The molecule has 0 radical (unpaired) electrons. The van der Waals surface area contributed by atoms with Crippen molar-refractivity contribution in [3.63, 3.8) is 0 Å². The van der Waals surface area contributed by atoms with Crippen molar-refractivity contribution in [3.05, 3.63) is 0 Å². The van der Waals surface area contributed by atoms with Crippen molar-refractivity contribution in [1.29, 1.82) is 0 Å². The van der Waals surface area contributed by atoms with Crippen LogP contribution in [0.2, 0.25) is 0 Å². The highest BCUT2D eigenvalue weighted by Crippen LogP contribution is 2.16. The first-order valence-corrected chi connectivity index (χ1v) is 6.64. The number of carbonyl (C=O) groups excluding carboxylic acids is 1. The number of piperidine rings is 1. The van der Waals surface area contributed by atoms with Gasteiger partial charge in [-0.15, -0.1) is 0 Å². The number of nitrogens with two attached hydrogens (primary N) is 1. The van der Waals surface area contributed by atoms with Crippen molar-refractivity contribution >= 4 is 17.7 Å². The van der Waals surface area contributed by atoms with Crippen LogP contribution in [0.3, 0.4) is 0 Å². The van der Waals surface area contributed by atoms with Gasteiger partial charge in [-0.2, -0.15) is 11.8 Å². The lowest BCUT2D eigenvalue weighted by atomic mass is 9.98. The minimum Gasteiger partial charge on any atom is -0.342 e. The highest BCUT2D eigenvalue weighted by molar-refractivity contribution is 7.98. The van der Waals surface area contributed by atoms with E-state index < -0.39 is 0 Å². The van der Waals surface area contributed by atoms with Crippen LogP contribution in [0.5, 0.6) is 0 Å². The largest absolute Gasteiger partial charge is 0.342 e. The van der Waals surface area contributed by atoms with E-state index in [9.17, 15) is 4.79 Å². The van der Waals surface area contributed by atoms with Crippen molar-refractivity contribution in [2.45, 2.75) is 19.3 Å². The van der Waals surface area contributed by atoms with Crippen molar-refractivity contribution in [1.82, 2.24) is 4.90 Å². The maximum atomic E-state index is 11.7. The molecular formula is C10H20N2OS. The predicted octanol–water partition coefficient (Wildman–Crippen LogP) is 0.937. The van der Waals surface area contributed by atoms with E-state index in [1.807, 2.05) is 11.2 Å². The van der Waals surface area contributed by atoms with Crippen molar-refractivity contribution in [2.24, 2.45) is 11.7 Å². The standard InChI is InChI=1S/C10H20N2OS/c1-14-6-4-10(13)12-5-2-3-9(7-11)8-12/h9H,2-8,11H2,1H3. The molecule has 1 saturated heterocycles. The molecule has 1 aliphatic rings. The first-order valence-electron chi connectivity index (χ1n) is 5.24. The minimum absolute atomic E-state index is 0.303. The van der Waals surface area contributed by atoms with Crippen molar-refractivity contribution in [3.8, 4) is 0 Å². The lowest BCUT2D eigenvalue weighted by Gasteiger charge is -2.32. The Morgan fingerprint density at radius 2 is 2.43 bits per heavy atom. The number of hydrogen-bond acceptors (Lipinski definition) is 3. The van der Waals surface area contributed by atoms with E-state index in [0.29, 0.717) is 24.8 Å². The van der Waals surface area contributed by atoms with E-state index in [-0.39, 0.29) is 0 Å². The predicted molar refractivity (Wildman–Crippen MR) is 61.4 cm³/mol. The fourth-order valence-corrected chi connectivity index (χ4v) is 2.21. The van der Waals surface area contributed by atoms with Gasteiger partial charge in [0.1, 0.15) is 0 Å².